The lowest BCUT2D eigenvalue weighted by Gasteiger charge is -2.23. The van der Waals surface area contributed by atoms with Gasteiger partial charge in [0.05, 0.1) is 12.7 Å². The number of hydrogen-bond donors (Lipinski definition) is 1. The van der Waals surface area contributed by atoms with Gasteiger partial charge in [0.2, 0.25) is 0 Å². The number of carbonyl (C=O) groups excluding carboxylic acids is 1. The van der Waals surface area contributed by atoms with E-state index >= 15 is 0 Å². The van der Waals surface area contributed by atoms with Gasteiger partial charge in [0.15, 0.2) is 0 Å². The molecule has 0 amide bonds. The maximum Gasteiger partial charge on any atom is 0.336 e. The Morgan fingerprint density at radius 1 is 1.26 bits per heavy atom. The lowest BCUT2D eigenvalue weighted by molar-refractivity contribution is -0.126. The molecule has 1 N–H and O–H groups in total. The third-order valence-electron chi connectivity index (χ3n) is 4.06. The van der Waals surface area contributed by atoms with E-state index in [0.29, 0.717) is 17.8 Å². The summed E-state index contributed by atoms with van der Waals surface area (Å²) in [6.07, 6.45) is -0.337. The number of rotatable bonds is 7. The number of aliphatic hydroxyl groups excluding tert-OH is 1. The van der Waals surface area contributed by atoms with Gasteiger partial charge in [-0.25, -0.2) is 4.79 Å². The zero-order valence-corrected chi connectivity index (χ0v) is 13.6. The van der Waals surface area contributed by atoms with Crippen LogP contribution in [-0.4, -0.2) is 23.6 Å². The number of Topliss-reactive ketones (excluding diaryl/α,β-unsaturated/α-hetero) is 1. The summed E-state index contributed by atoms with van der Waals surface area (Å²) in [7, 11) is 0. The predicted molar refractivity (Wildman–Crippen MR) is 87.6 cm³/mol. The predicted octanol–water partition coefficient (Wildman–Crippen LogP) is 2.78. The van der Waals surface area contributed by atoms with Gasteiger partial charge in [0.1, 0.15) is 17.1 Å². The third-order valence-corrected chi connectivity index (χ3v) is 4.06. The van der Waals surface area contributed by atoms with Crippen molar-refractivity contribution in [3.63, 3.8) is 0 Å². The van der Waals surface area contributed by atoms with Crippen LogP contribution in [0.3, 0.4) is 0 Å². The largest absolute Gasteiger partial charge is 0.493 e. The molecule has 0 saturated carbocycles. The summed E-state index contributed by atoms with van der Waals surface area (Å²) in [5.41, 5.74) is 0.0445. The fourth-order valence-corrected chi connectivity index (χ4v) is 2.46. The van der Waals surface area contributed by atoms with Crippen LogP contribution >= 0.6 is 0 Å². The van der Waals surface area contributed by atoms with Crippen LogP contribution in [0.4, 0.5) is 0 Å². The van der Waals surface area contributed by atoms with E-state index in [0.717, 1.165) is 5.39 Å². The third kappa shape index (κ3) is 4.20. The summed E-state index contributed by atoms with van der Waals surface area (Å²) in [5.74, 6) is -0.00981. The fraction of sp³-hybridized carbons (Fsp3) is 0.444. The number of carbonyl (C=O) groups is 1. The first-order valence-corrected chi connectivity index (χ1v) is 7.80. The molecule has 5 nitrogen and oxygen atoms in total. The molecule has 0 aliphatic rings. The van der Waals surface area contributed by atoms with Crippen LogP contribution in [-0.2, 0) is 4.79 Å². The highest BCUT2D eigenvalue weighted by Crippen LogP contribution is 2.21. The van der Waals surface area contributed by atoms with Crippen LogP contribution in [0.2, 0.25) is 0 Å². The molecule has 0 fully saturated rings. The Balaban J connectivity index is 2.02. The SMILES string of the molecule is CCC(=O)[C@H](C)[C@@H](O)[C@H](C)COc1ccc2ccc(=O)oc2c1. The zero-order chi connectivity index (χ0) is 17.0. The van der Waals surface area contributed by atoms with E-state index in [9.17, 15) is 14.7 Å². The minimum atomic E-state index is -0.749. The molecule has 1 heterocycles. The van der Waals surface area contributed by atoms with Crippen LogP contribution in [0, 0.1) is 11.8 Å². The standard InChI is InChI=1S/C18H22O5/c1-4-15(19)12(3)18(21)11(2)10-22-14-7-5-13-6-8-17(20)23-16(13)9-14/h5-9,11-12,18,21H,4,10H2,1-3H3/t11-,12+,18+/m1/s1. The Morgan fingerprint density at radius 3 is 2.65 bits per heavy atom. The average molecular weight is 318 g/mol. The number of aliphatic hydroxyl groups is 1. The summed E-state index contributed by atoms with van der Waals surface area (Å²) in [6.45, 7) is 5.63. The Labute approximate surface area is 134 Å². The van der Waals surface area contributed by atoms with Gasteiger partial charge in [-0.05, 0) is 18.2 Å². The van der Waals surface area contributed by atoms with E-state index < -0.39 is 17.6 Å². The molecule has 2 rings (SSSR count). The first-order chi connectivity index (χ1) is 10.9. The second kappa shape index (κ2) is 7.42. The summed E-state index contributed by atoms with van der Waals surface area (Å²) >= 11 is 0. The molecule has 1 aromatic heterocycles. The molecule has 0 bridgehead atoms. The fourth-order valence-electron chi connectivity index (χ4n) is 2.46. The van der Waals surface area contributed by atoms with Crippen molar-refractivity contribution in [3.8, 4) is 5.75 Å². The number of ketones is 1. The van der Waals surface area contributed by atoms with E-state index in [-0.39, 0.29) is 18.3 Å². The van der Waals surface area contributed by atoms with Gasteiger partial charge in [-0.3, -0.25) is 4.79 Å². The summed E-state index contributed by atoms with van der Waals surface area (Å²) in [5, 5.41) is 11.0. The minimum absolute atomic E-state index is 0.0387. The van der Waals surface area contributed by atoms with Gasteiger partial charge in [0.25, 0.3) is 0 Å². The Morgan fingerprint density at radius 2 is 1.96 bits per heavy atom. The molecule has 0 unspecified atom stereocenters. The molecule has 124 valence electrons. The van der Waals surface area contributed by atoms with E-state index in [1.165, 1.54) is 6.07 Å². The molecule has 1 aromatic carbocycles. The summed E-state index contributed by atoms with van der Waals surface area (Å²) in [4.78, 5) is 22.9. The topological polar surface area (TPSA) is 76.7 Å². The number of ether oxygens (including phenoxy) is 1. The Bertz CT molecular complexity index is 734. The van der Waals surface area contributed by atoms with E-state index in [4.69, 9.17) is 9.15 Å². The van der Waals surface area contributed by atoms with Crippen molar-refractivity contribution in [1.29, 1.82) is 0 Å². The van der Waals surface area contributed by atoms with Gasteiger partial charge in [0, 0.05) is 35.8 Å². The molecule has 0 aliphatic carbocycles. The molecule has 3 atom stereocenters. The molecule has 0 spiro atoms. The maximum atomic E-state index is 11.7. The van der Waals surface area contributed by atoms with Gasteiger partial charge in [-0.15, -0.1) is 0 Å². The Kier molecular flexibility index (Phi) is 5.55. The van der Waals surface area contributed by atoms with Gasteiger partial charge >= 0.3 is 5.63 Å². The second-order valence-electron chi connectivity index (χ2n) is 5.84. The Hall–Kier alpha value is -2.14. The highest BCUT2D eigenvalue weighted by Gasteiger charge is 2.26. The smallest absolute Gasteiger partial charge is 0.336 e. The van der Waals surface area contributed by atoms with Crippen molar-refractivity contribution in [1.82, 2.24) is 0 Å². The molecule has 5 heteroatoms. The molecule has 23 heavy (non-hydrogen) atoms. The van der Waals surface area contributed by atoms with Crippen molar-refractivity contribution in [2.45, 2.75) is 33.3 Å². The van der Waals surface area contributed by atoms with E-state index in [1.54, 1.807) is 38.1 Å². The van der Waals surface area contributed by atoms with Crippen LogP contribution in [0.1, 0.15) is 27.2 Å². The zero-order valence-electron chi connectivity index (χ0n) is 13.6. The lowest BCUT2D eigenvalue weighted by Crippen LogP contribution is -2.34. The normalized spacial score (nSPS) is 15.1. The van der Waals surface area contributed by atoms with E-state index in [1.807, 2.05) is 6.92 Å². The van der Waals surface area contributed by atoms with Crippen molar-refractivity contribution >= 4 is 16.8 Å². The van der Waals surface area contributed by atoms with Crippen LogP contribution in [0.15, 0.2) is 39.5 Å². The summed E-state index contributed by atoms with van der Waals surface area (Å²) < 4.78 is 10.8. The van der Waals surface area contributed by atoms with Crippen LogP contribution < -0.4 is 10.4 Å². The van der Waals surface area contributed by atoms with Gasteiger partial charge in [-0.1, -0.05) is 20.8 Å². The maximum absolute atomic E-state index is 11.7. The first-order valence-electron chi connectivity index (χ1n) is 7.80. The van der Waals surface area contributed by atoms with Crippen LogP contribution in [0.5, 0.6) is 5.75 Å². The molecule has 2 aromatic rings. The lowest BCUT2D eigenvalue weighted by atomic mass is 9.90. The molecule has 0 aliphatic heterocycles. The van der Waals surface area contributed by atoms with Crippen molar-refractivity contribution in [3.05, 3.63) is 40.8 Å². The molecule has 0 saturated heterocycles. The average Bonchev–Trinajstić information content (AvgIpc) is 2.57. The van der Waals surface area contributed by atoms with Crippen molar-refractivity contribution in [2.24, 2.45) is 11.8 Å². The van der Waals surface area contributed by atoms with E-state index in [2.05, 4.69) is 0 Å². The van der Waals surface area contributed by atoms with Crippen molar-refractivity contribution < 1.29 is 19.1 Å². The van der Waals surface area contributed by atoms with Crippen molar-refractivity contribution in [2.75, 3.05) is 6.61 Å². The summed E-state index contributed by atoms with van der Waals surface area (Å²) in [6, 6.07) is 8.29. The molecule has 0 radical (unpaired) electrons. The number of hydrogen-bond acceptors (Lipinski definition) is 5. The number of fused-ring (bicyclic) bond motifs is 1. The second-order valence-corrected chi connectivity index (χ2v) is 5.84. The minimum Gasteiger partial charge on any atom is -0.493 e. The molecular formula is C18H22O5. The quantitative estimate of drug-likeness (QED) is 0.794. The highest BCUT2D eigenvalue weighted by atomic mass is 16.5. The highest BCUT2D eigenvalue weighted by molar-refractivity contribution is 5.80. The first kappa shape index (κ1) is 17.2. The van der Waals surface area contributed by atoms with Crippen LogP contribution in [0.25, 0.3) is 11.0 Å². The van der Waals surface area contributed by atoms with Gasteiger partial charge in [-0.2, -0.15) is 0 Å². The van der Waals surface area contributed by atoms with Gasteiger partial charge < -0.3 is 14.3 Å². The monoisotopic (exact) mass is 318 g/mol. The molecular weight excluding hydrogens is 296 g/mol. The number of benzene rings is 1.